The highest BCUT2D eigenvalue weighted by molar-refractivity contribution is 7.26. The van der Waals surface area contributed by atoms with Crippen LogP contribution in [0.2, 0.25) is 0 Å². The van der Waals surface area contributed by atoms with E-state index in [2.05, 4.69) is 170 Å². The number of hydrogen-bond acceptors (Lipinski definition) is 2. The van der Waals surface area contributed by atoms with Gasteiger partial charge in [0, 0.05) is 42.6 Å². The van der Waals surface area contributed by atoms with E-state index in [1.807, 2.05) is 11.3 Å². The molecule has 0 saturated heterocycles. The molecule has 9 rings (SSSR count). The molecule has 1 aliphatic rings. The van der Waals surface area contributed by atoms with E-state index in [9.17, 15) is 0 Å². The van der Waals surface area contributed by atoms with E-state index in [4.69, 9.17) is 0 Å². The summed E-state index contributed by atoms with van der Waals surface area (Å²) in [6.07, 6.45) is 0. The van der Waals surface area contributed by atoms with Gasteiger partial charge in [-0.1, -0.05) is 111 Å². The molecule has 0 spiro atoms. The van der Waals surface area contributed by atoms with Crippen LogP contribution in [0, 0.1) is 0 Å². The van der Waals surface area contributed by atoms with Crippen LogP contribution in [0.4, 0.5) is 17.1 Å². The van der Waals surface area contributed by atoms with Crippen LogP contribution in [-0.4, -0.2) is 0 Å². The van der Waals surface area contributed by atoms with Gasteiger partial charge in [-0.25, -0.2) is 0 Å². The molecule has 0 amide bonds. The topological polar surface area (TPSA) is 3.24 Å². The number of thiophene rings is 1. The lowest BCUT2D eigenvalue weighted by molar-refractivity contribution is 0.660. The fourth-order valence-corrected chi connectivity index (χ4v) is 8.50. The number of benzene rings is 7. The maximum Gasteiger partial charge on any atom is 0.0468 e. The molecule has 0 saturated carbocycles. The normalized spacial score (nSPS) is 13.3. The van der Waals surface area contributed by atoms with E-state index in [1.54, 1.807) is 0 Å². The quantitative estimate of drug-likeness (QED) is 0.196. The molecule has 45 heavy (non-hydrogen) atoms. The summed E-state index contributed by atoms with van der Waals surface area (Å²) >= 11 is 1.88. The van der Waals surface area contributed by atoms with Crippen molar-refractivity contribution in [1.29, 1.82) is 0 Å². The summed E-state index contributed by atoms with van der Waals surface area (Å²) in [5.74, 6) is 0. The molecular weight excluding hydrogens is 563 g/mol. The van der Waals surface area contributed by atoms with Gasteiger partial charge in [0.05, 0.1) is 0 Å². The summed E-state index contributed by atoms with van der Waals surface area (Å²) < 4.78 is 2.67. The van der Waals surface area contributed by atoms with Gasteiger partial charge < -0.3 is 4.90 Å². The van der Waals surface area contributed by atoms with Crippen LogP contribution in [0.1, 0.15) is 25.0 Å². The number of rotatable bonds is 4. The molecule has 1 aromatic heterocycles. The SMILES string of the molecule is CC1(C)c2ccccc2-c2cc(N(c3ccccc3)c3ccc(-c4ccc5sc6ccc7ccccc7c6c5c4)cc3)ccc21. The summed E-state index contributed by atoms with van der Waals surface area (Å²) in [6, 6.07) is 55.8. The summed E-state index contributed by atoms with van der Waals surface area (Å²) in [4.78, 5) is 2.37. The lowest BCUT2D eigenvalue weighted by atomic mass is 9.82. The Morgan fingerprint density at radius 1 is 0.467 bits per heavy atom. The zero-order valence-electron chi connectivity index (χ0n) is 25.3. The molecule has 0 bridgehead atoms. The first-order chi connectivity index (χ1) is 22.1. The summed E-state index contributed by atoms with van der Waals surface area (Å²) in [5, 5.41) is 5.32. The highest BCUT2D eigenvalue weighted by Crippen LogP contribution is 2.50. The molecule has 0 N–H and O–H groups in total. The average Bonchev–Trinajstić information content (AvgIpc) is 3.58. The molecule has 0 atom stereocenters. The van der Waals surface area contributed by atoms with Crippen molar-refractivity contribution in [3.05, 3.63) is 163 Å². The van der Waals surface area contributed by atoms with Crippen molar-refractivity contribution in [2.75, 3.05) is 4.90 Å². The molecule has 214 valence electrons. The predicted octanol–water partition coefficient (Wildman–Crippen LogP) is 12.7. The average molecular weight is 594 g/mol. The molecule has 0 unspecified atom stereocenters. The fraction of sp³-hybridized carbons (Fsp3) is 0.0698. The minimum atomic E-state index is -0.00908. The zero-order valence-corrected chi connectivity index (χ0v) is 26.1. The smallest absolute Gasteiger partial charge is 0.0468 e. The largest absolute Gasteiger partial charge is 0.310 e. The highest BCUT2D eigenvalue weighted by Gasteiger charge is 2.35. The minimum Gasteiger partial charge on any atom is -0.310 e. The van der Waals surface area contributed by atoms with Gasteiger partial charge in [0.1, 0.15) is 0 Å². The summed E-state index contributed by atoms with van der Waals surface area (Å²) in [5.41, 5.74) is 11.4. The van der Waals surface area contributed by atoms with Crippen LogP contribution in [0.25, 0.3) is 53.2 Å². The van der Waals surface area contributed by atoms with Gasteiger partial charge in [0.2, 0.25) is 0 Å². The Labute approximate surface area is 267 Å². The van der Waals surface area contributed by atoms with Crippen molar-refractivity contribution in [2.45, 2.75) is 19.3 Å². The van der Waals surface area contributed by atoms with Gasteiger partial charge in [0.15, 0.2) is 0 Å². The molecule has 1 aliphatic carbocycles. The molecule has 8 aromatic rings. The van der Waals surface area contributed by atoms with Gasteiger partial charge in [-0.05, 0) is 98.8 Å². The van der Waals surface area contributed by atoms with Crippen molar-refractivity contribution in [3.63, 3.8) is 0 Å². The van der Waals surface area contributed by atoms with Crippen molar-refractivity contribution in [2.24, 2.45) is 0 Å². The Kier molecular flexibility index (Phi) is 5.78. The Morgan fingerprint density at radius 3 is 2.00 bits per heavy atom. The van der Waals surface area contributed by atoms with Crippen molar-refractivity contribution in [1.82, 2.24) is 0 Å². The van der Waals surface area contributed by atoms with Crippen molar-refractivity contribution >= 4 is 59.3 Å². The molecule has 1 nitrogen and oxygen atoms in total. The third kappa shape index (κ3) is 4.06. The van der Waals surface area contributed by atoms with Crippen LogP contribution in [0.3, 0.4) is 0 Å². The van der Waals surface area contributed by atoms with Gasteiger partial charge in [-0.15, -0.1) is 11.3 Å². The monoisotopic (exact) mass is 593 g/mol. The molecule has 0 aliphatic heterocycles. The van der Waals surface area contributed by atoms with Crippen LogP contribution >= 0.6 is 11.3 Å². The van der Waals surface area contributed by atoms with Crippen LogP contribution in [0.15, 0.2) is 152 Å². The van der Waals surface area contributed by atoms with E-state index in [0.29, 0.717) is 0 Å². The Balaban J connectivity index is 1.15. The lowest BCUT2D eigenvalue weighted by Gasteiger charge is -2.27. The summed E-state index contributed by atoms with van der Waals surface area (Å²) in [7, 11) is 0. The van der Waals surface area contributed by atoms with Crippen LogP contribution in [-0.2, 0) is 5.41 Å². The lowest BCUT2D eigenvalue weighted by Crippen LogP contribution is -2.15. The van der Waals surface area contributed by atoms with Gasteiger partial charge >= 0.3 is 0 Å². The van der Waals surface area contributed by atoms with Gasteiger partial charge in [-0.2, -0.15) is 0 Å². The minimum absolute atomic E-state index is 0.00908. The zero-order chi connectivity index (χ0) is 30.1. The first-order valence-corrected chi connectivity index (χ1v) is 16.4. The van der Waals surface area contributed by atoms with E-state index in [1.165, 1.54) is 70.0 Å². The van der Waals surface area contributed by atoms with Crippen LogP contribution < -0.4 is 4.90 Å². The van der Waals surface area contributed by atoms with Crippen molar-refractivity contribution in [3.8, 4) is 22.3 Å². The first-order valence-electron chi connectivity index (χ1n) is 15.6. The number of nitrogens with zero attached hydrogens (tertiary/aromatic N) is 1. The molecule has 7 aromatic carbocycles. The van der Waals surface area contributed by atoms with E-state index in [-0.39, 0.29) is 5.41 Å². The number of hydrogen-bond donors (Lipinski definition) is 0. The standard InChI is InChI=1S/C43H31NS/c1-43(2)38-15-9-8-14-35(38)36-27-33(22-23-39(36)43)44(31-11-4-3-5-12-31)32-20-16-28(17-21-32)30-19-24-40-37(26-30)42-34-13-7-6-10-29(34)18-25-41(42)45-40/h3-27H,1-2H3. The second-order valence-corrected chi connectivity index (χ2v) is 13.7. The van der Waals surface area contributed by atoms with E-state index in [0.717, 1.165) is 11.4 Å². The Morgan fingerprint density at radius 2 is 1.13 bits per heavy atom. The maximum absolute atomic E-state index is 2.38. The van der Waals surface area contributed by atoms with E-state index >= 15 is 0 Å². The fourth-order valence-electron chi connectivity index (χ4n) is 7.40. The number of fused-ring (bicyclic) bond motifs is 8. The third-order valence-electron chi connectivity index (χ3n) is 9.66. The number of anilines is 3. The van der Waals surface area contributed by atoms with Crippen LogP contribution in [0.5, 0.6) is 0 Å². The molecular formula is C43H31NS. The second kappa shape index (κ2) is 9.92. The molecule has 1 heterocycles. The number of para-hydroxylation sites is 1. The molecule has 0 radical (unpaired) electrons. The Hall–Kier alpha value is -5.18. The highest BCUT2D eigenvalue weighted by atomic mass is 32.1. The van der Waals surface area contributed by atoms with Crippen molar-refractivity contribution < 1.29 is 0 Å². The molecule has 2 heteroatoms. The van der Waals surface area contributed by atoms with Gasteiger partial charge in [0.25, 0.3) is 0 Å². The van der Waals surface area contributed by atoms with E-state index < -0.39 is 0 Å². The summed E-state index contributed by atoms with van der Waals surface area (Å²) in [6.45, 7) is 4.67. The third-order valence-corrected chi connectivity index (χ3v) is 10.8. The molecule has 0 fully saturated rings. The first kappa shape index (κ1) is 26.2. The Bertz CT molecular complexity index is 2400. The maximum atomic E-state index is 2.38. The predicted molar refractivity (Wildman–Crippen MR) is 195 cm³/mol. The second-order valence-electron chi connectivity index (χ2n) is 12.6. The van der Waals surface area contributed by atoms with Gasteiger partial charge in [-0.3, -0.25) is 0 Å².